The fourth-order valence-electron chi connectivity index (χ4n) is 2.11. The molecular formula is C15H24. The third kappa shape index (κ3) is 3.09. The summed E-state index contributed by atoms with van der Waals surface area (Å²) in [6.45, 7) is 9.15. The summed E-state index contributed by atoms with van der Waals surface area (Å²) in [4.78, 5) is 0. The van der Waals surface area contributed by atoms with Gasteiger partial charge in [-0.3, -0.25) is 0 Å². The van der Waals surface area contributed by atoms with Crippen LogP contribution < -0.4 is 0 Å². The average Bonchev–Trinajstić information content (AvgIpc) is 2.29. The standard InChI is InChI=1S/C15H24/c1-5-12(4)11-15-13(6-2)9-8-10-14(15)7-3/h8-10,12H,5-7,11H2,1-4H3/t12-/m0/s1. The first-order valence-corrected chi connectivity index (χ1v) is 6.32. The van der Waals surface area contributed by atoms with Gasteiger partial charge in [0, 0.05) is 0 Å². The molecule has 1 aromatic rings. The molecule has 0 radical (unpaired) electrons. The lowest BCUT2D eigenvalue weighted by atomic mass is 9.89. The summed E-state index contributed by atoms with van der Waals surface area (Å²) < 4.78 is 0. The molecule has 1 rings (SSSR count). The topological polar surface area (TPSA) is 0 Å². The normalized spacial score (nSPS) is 12.8. The van der Waals surface area contributed by atoms with Crippen molar-refractivity contribution in [2.75, 3.05) is 0 Å². The van der Waals surface area contributed by atoms with Crippen LogP contribution in [0.3, 0.4) is 0 Å². The van der Waals surface area contributed by atoms with E-state index in [1.807, 2.05) is 0 Å². The number of hydrogen-bond acceptors (Lipinski definition) is 0. The molecule has 0 fully saturated rings. The molecular weight excluding hydrogens is 180 g/mol. The highest BCUT2D eigenvalue weighted by molar-refractivity contribution is 5.35. The van der Waals surface area contributed by atoms with Gasteiger partial charge < -0.3 is 0 Å². The van der Waals surface area contributed by atoms with Crippen molar-refractivity contribution in [3.05, 3.63) is 34.9 Å². The summed E-state index contributed by atoms with van der Waals surface area (Å²) >= 11 is 0. The number of hydrogen-bond donors (Lipinski definition) is 0. The minimum absolute atomic E-state index is 0.808. The summed E-state index contributed by atoms with van der Waals surface area (Å²) in [7, 11) is 0. The molecule has 0 heteroatoms. The van der Waals surface area contributed by atoms with E-state index < -0.39 is 0 Å². The Labute approximate surface area is 94.7 Å². The quantitative estimate of drug-likeness (QED) is 0.667. The molecule has 0 aliphatic heterocycles. The van der Waals surface area contributed by atoms with Gasteiger partial charge in [0.1, 0.15) is 0 Å². The van der Waals surface area contributed by atoms with Gasteiger partial charge in [-0.25, -0.2) is 0 Å². The van der Waals surface area contributed by atoms with Crippen LogP contribution in [-0.2, 0) is 19.3 Å². The molecule has 0 saturated carbocycles. The van der Waals surface area contributed by atoms with E-state index in [1.54, 1.807) is 16.7 Å². The summed E-state index contributed by atoms with van der Waals surface area (Å²) in [5.74, 6) is 0.808. The lowest BCUT2D eigenvalue weighted by Gasteiger charge is -2.16. The maximum atomic E-state index is 2.35. The fourth-order valence-corrected chi connectivity index (χ4v) is 2.11. The summed E-state index contributed by atoms with van der Waals surface area (Å²) in [6, 6.07) is 6.78. The van der Waals surface area contributed by atoms with Crippen LogP contribution >= 0.6 is 0 Å². The van der Waals surface area contributed by atoms with Gasteiger partial charge in [-0.05, 0) is 41.9 Å². The van der Waals surface area contributed by atoms with Gasteiger partial charge in [0.2, 0.25) is 0 Å². The van der Waals surface area contributed by atoms with Crippen molar-refractivity contribution in [2.45, 2.75) is 53.4 Å². The molecule has 1 atom stereocenters. The molecule has 0 aromatic heterocycles. The van der Waals surface area contributed by atoms with E-state index in [2.05, 4.69) is 45.9 Å². The van der Waals surface area contributed by atoms with E-state index in [0.29, 0.717) is 0 Å². The van der Waals surface area contributed by atoms with Crippen LogP contribution in [0.1, 0.15) is 50.8 Å². The Kier molecular flexibility index (Phi) is 4.87. The fraction of sp³-hybridized carbons (Fsp3) is 0.600. The summed E-state index contributed by atoms with van der Waals surface area (Å²) in [5.41, 5.74) is 4.72. The second-order valence-electron chi connectivity index (χ2n) is 4.48. The number of rotatable bonds is 5. The minimum Gasteiger partial charge on any atom is -0.0651 e. The van der Waals surface area contributed by atoms with Gasteiger partial charge in [0.05, 0.1) is 0 Å². The largest absolute Gasteiger partial charge is 0.0651 e. The van der Waals surface area contributed by atoms with Gasteiger partial charge in [0.25, 0.3) is 0 Å². The summed E-state index contributed by atoms with van der Waals surface area (Å²) in [5, 5.41) is 0. The van der Waals surface area contributed by atoms with Gasteiger partial charge in [-0.2, -0.15) is 0 Å². The number of benzene rings is 1. The van der Waals surface area contributed by atoms with Crippen LogP contribution in [0.4, 0.5) is 0 Å². The third-order valence-electron chi connectivity index (χ3n) is 3.38. The van der Waals surface area contributed by atoms with Crippen molar-refractivity contribution < 1.29 is 0 Å². The van der Waals surface area contributed by atoms with Crippen LogP contribution in [0.5, 0.6) is 0 Å². The summed E-state index contributed by atoms with van der Waals surface area (Å²) in [6.07, 6.45) is 4.87. The molecule has 0 nitrogen and oxygen atoms in total. The molecule has 15 heavy (non-hydrogen) atoms. The van der Waals surface area contributed by atoms with Crippen LogP contribution in [-0.4, -0.2) is 0 Å². The Morgan fingerprint density at radius 3 is 1.93 bits per heavy atom. The Bertz CT molecular complexity index is 277. The zero-order valence-electron chi connectivity index (χ0n) is 10.6. The van der Waals surface area contributed by atoms with Gasteiger partial charge in [0.15, 0.2) is 0 Å². The van der Waals surface area contributed by atoms with E-state index >= 15 is 0 Å². The second kappa shape index (κ2) is 5.95. The van der Waals surface area contributed by atoms with Crippen LogP contribution in [0.2, 0.25) is 0 Å². The Balaban J connectivity index is 2.99. The van der Waals surface area contributed by atoms with Crippen molar-refractivity contribution >= 4 is 0 Å². The smallest absolute Gasteiger partial charge is 0.0248 e. The Morgan fingerprint density at radius 2 is 1.53 bits per heavy atom. The van der Waals surface area contributed by atoms with E-state index in [1.165, 1.54) is 25.7 Å². The second-order valence-corrected chi connectivity index (χ2v) is 4.48. The Hall–Kier alpha value is -0.780. The lowest BCUT2D eigenvalue weighted by molar-refractivity contribution is 0.555. The third-order valence-corrected chi connectivity index (χ3v) is 3.38. The molecule has 0 unspecified atom stereocenters. The van der Waals surface area contributed by atoms with Gasteiger partial charge in [-0.1, -0.05) is 52.3 Å². The molecule has 0 N–H and O–H groups in total. The van der Waals surface area contributed by atoms with Crippen molar-refractivity contribution in [3.8, 4) is 0 Å². The average molecular weight is 204 g/mol. The first-order chi connectivity index (χ1) is 7.22. The maximum Gasteiger partial charge on any atom is -0.0248 e. The van der Waals surface area contributed by atoms with Crippen LogP contribution in [0.15, 0.2) is 18.2 Å². The van der Waals surface area contributed by atoms with E-state index in [-0.39, 0.29) is 0 Å². The lowest BCUT2D eigenvalue weighted by Crippen LogP contribution is -2.05. The molecule has 0 amide bonds. The Morgan fingerprint density at radius 1 is 1.00 bits per heavy atom. The van der Waals surface area contributed by atoms with Crippen molar-refractivity contribution in [2.24, 2.45) is 5.92 Å². The molecule has 0 aliphatic rings. The maximum absolute atomic E-state index is 2.35. The molecule has 0 spiro atoms. The van der Waals surface area contributed by atoms with Crippen molar-refractivity contribution in [1.82, 2.24) is 0 Å². The van der Waals surface area contributed by atoms with Crippen molar-refractivity contribution in [1.29, 1.82) is 0 Å². The zero-order valence-corrected chi connectivity index (χ0v) is 10.6. The molecule has 0 saturated heterocycles. The first-order valence-electron chi connectivity index (χ1n) is 6.32. The predicted octanol–water partition coefficient (Wildman–Crippen LogP) is 4.40. The molecule has 0 bridgehead atoms. The van der Waals surface area contributed by atoms with E-state index in [4.69, 9.17) is 0 Å². The van der Waals surface area contributed by atoms with Gasteiger partial charge in [-0.15, -0.1) is 0 Å². The highest BCUT2D eigenvalue weighted by Gasteiger charge is 2.09. The highest BCUT2D eigenvalue weighted by atomic mass is 14.1. The zero-order chi connectivity index (χ0) is 11.3. The van der Waals surface area contributed by atoms with Crippen molar-refractivity contribution in [3.63, 3.8) is 0 Å². The predicted molar refractivity (Wildman–Crippen MR) is 68.4 cm³/mol. The SMILES string of the molecule is CCc1cccc(CC)c1C[C@@H](C)CC. The minimum atomic E-state index is 0.808. The molecule has 84 valence electrons. The highest BCUT2D eigenvalue weighted by Crippen LogP contribution is 2.21. The number of aryl methyl sites for hydroxylation is 2. The van der Waals surface area contributed by atoms with E-state index in [0.717, 1.165) is 5.92 Å². The molecule has 0 aliphatic carbocycles. The van der Waals surface area contributed by atoms with Gasteiger partial charge >= 0.3 is 0 Å². The first kappa shape index (κ1) is 12.3. The monoisotopic (exact) mass is 204 g/mol. The van der Waals surface area contributed by atoms with Crippen LogP contribution in [0.25, 0.3) is 0 Å². The molecule has 1 aromatic carbocycles. The van der Waals surface area contributed by atoms with E-state index in [9.17, 15) is 0 Å². The van der Waals surface area contributed by atoms with Crippen LogP contribution in [0, 0.1) is 5.92 Å². The molecule has 0 heterocycles.